The molecule has 0 bridgehead atoms. The average molecular weight is 414 g/mol. The lowest BCUT2D eigenvalue weighted by Gasteiger charge is -2.19. The van der Waals surface area contributed by atoms with E-state index in [2.05, 4.69) is 20.0 Å². The van der Waals surface area contributed by atoms with Gasteiger partial charge in [-0.15, -0.1) is 0 Å². The summed E-state index contributed by atoms with van der Waals surface area (Å²) in [5.41, 5.74) is 2.28. The molecule has 29 heavy (non-hydrogen) atoms. The van der Waals surface area contributed by atoms with Crippen LogP contribution in [0.4, 0.5) is 11.4 Å². The van der Waals surface area contributed by atoms with E-state index in [0.717, 1.165) is 29.6 Å². The van der Waals surface area contributed by atoms with Crippen molar-refractivity contribution in [3.63, 3.8) is 0 Å². The maximum Gasteiger partial charge on any atom is 0.240 e. The molecule has 1 fully saturated rings. The van der Waals surface area contributed by atoms with Crippen LogP contribution in [0.5, 0.6) is 5.88 Å². The third-order valence-corrected chi connectivity index (χ3v) is 6.65. The van der Waals surface area contributed by atoms with Crippen molar-refractivity contribution < 1.29 is 14.1 Å². The molecule has 1 unspecified atom stereocenters. The van der Waals surface area contributed by atoms with Crippen LogP contribution in [0.25, 0.3) is 10.9 Å². The van der Waals surface area contributed by atoms with Crippen molar-refractivity contribution in [1.82, 2.24) is 14.7 Å². The Morgan fingerprint density at radius 1 is 1.14 bits per heavy atom. The van der Waals surface area contributed by atoms with Gasteiger partial charge < -0.3 is 15.2 Å². The zero-order chi connectivity index (χ0) is 20.4. The van der Waals surface area contributed by atoms with E-state index in [4.69, 9.17) is 9.52 Å². The number of aromatic nitrogens is 2. The molecule has 0 saturated heterocycles. The number of aliphatic hydroxyl groups is 1. The number of hydrogen-bond donors (Lipinski definition) is 4. The Balaban J connectivity index is 1.55. The summed E-state index contributed by atoms with van der Waals surface area (Å²) in [5, 5.41) is 14.1. The lowest BCUT2D eigenvalue weighted by molar-refractivity contribution is 0.159. The average Bonchev–Trinajstić information content (AvgIpc) is 3.12. The minimum atomic E-state index is -3.18. The Bertz CT molecular complexity index is 1120. The second-order valence-electron chi connectivity index (χ2n) is 7.00. The number of nitrogens with one attached hydrogen (secondary N) is 3. The third kappa shape index (κ3) is 4.02. The predicted molar refractivity (Wildman–Crippen MR) is 112 cm³/mol. The molecule has 4 rings (SSSR count). The number of anilines is 2. The number of hydrogen-bond acceptors (Lipinski definition) is 7. The summed E-state index contributed by atoms with van der Waals surface area (Å²) >= 11 is 0. The smallest absolute Gasteiger partial charge is 0.240 e. The lowest BCUT2D eigenvalue weighted by Crippen LogP contribution is -2.39. The van der Waals surface area contributed by atoms with Crippen molar-refractivity contribution in [1.29, 1.82) is 4.78 Å². The largest absolute Gasteiger partial charge is 0.479 e. The van der Waals surface area contributed by atoms with Crippen LogP contribution in [-0.4, -0.2) is 38.5 Å². The quantitative estimate of drug-likeness (QED) is 0.493. The Labute approximate surface area is 169 Å². The molecular formula is C20H23N5O3S. The number of aliphatic hydroxyl groups excluding tert-OH is 1. The molecule has 1 saturated carbocycles. The highest BCUT2D eigenvalue weighted by molar-refractivity contribution is 7.90. The fraction of sp³-hybridized carbons (Fsp3) is 0.300. The first-order valence-electron chi connectivity index (χ1n) is 9.37. The van der Waals surface area contributed by atoms with Crippen LogP contribution in [0, 0.1) is 4.78 Å². The van der Waals surface area contributed by atoms with Crippen LogP contribution < -0.4 is 14.8 Å². The van der Waals surface area contributed by atoms with Gasteiger partial charge in [0.25, 0.3) is 0 Å². The Morgan fingerprint density at radius 2 is 1.90 bits per heavy atom. The molecule has 0 spiro atoms. The highest BCUT2D eigenvalue weighted by Crippen LogP contribution is 2.29. The molecule has 2 heterocycles. The number of methoxy groups -OCH3 is 1. The van der Waals surface area contributed by atoms with Crippen LogP contribution in [-0.2, 0) is 9.92 Å². The molecule has 0 aliphatic heterocycles. The van der Waals surface area contributed by atoms with Crippen LogP contribution in [0.1, 0.15) is 19.3 Å². The normalized spacial score (nSPS) is 21.0. The summed E-state index contributed by atoms with van der Waals surface area (Å²) in [6.45, 7) is 0. The van der Waals surface area contributed by atoms with Crippen LogP contribution in [0.15, 0.2) is 53.7 Å². The SMILES string of the molecule is COc1nccc2c(Nc3ccc(S(=N)(=O)N[C@H]4CCC[C@H]4O)cc3)ccnc12. The van der Waals surface area contributed by atoms with E-state index < -0.39 is 16.0 Å². The van der Waals surface area contributed by atoms with E-state index in [-0.39, 0.29) is 6.04 Å². The molecule has 1 aliphatic rings. The first kappa shape index (κ1) is 19.6. The van der Waals surface area contributed by atoms with Crippen molar-refractivity contribution >= 4 is 32.2 Å². The molecule has 9 heteroatoms. The maximum absolute atomic E-state index is 12.8. The monoisotopic (exact) mass is 413 g/mol. The number of pyridine rings is 2. The van der Waals surface area contributed by atoms with Gasteiger partial charge in [0.1, 0.15) is 15.4 Å². The molecule has 8 nitrogen and oxygen atoms in total. The lowest BCUT2D eigenvalue weighted by atomic mass is 10.2. The summed E-state index contributed by atoms with van der Waals surface area (Å²) < 4.78 is 29.1. The summed E-state index contributed by atoms with van der Waals surface area (Å²) in [7, 11) is -1.63. The highest BCUT2D eigenvalue weighted by Gasteiger charge is 2.28. The minimum absolute atomic E-state index is 0.301. The minimum Gasteiger partial charge on any atom is -0.479 e. The van der Waals surface area contributed by atoms with E-state index in [1.165, 1.54) is 0 Å². The summed E-state index contributed by atoms with van der Waals surface area (Å²) in [4.78, 5) is 8.89. The fourth-order valence-corrected chi connectivity index (χ4v) is 4.91. The summed E-state index contributed by atoms with van der Waals surface area (Å²) in [6.07, 6.45) is 5.07. The first-order valence-corrected chi connectivity index (χ1v) is 10.9. The van der Waals surface area contributed by atoms with E-state index in [0.29, 0.717) is 22.7 Å². The van der Waals surface area contributed by atoms with E-state index in [1.54, 1.807) is 43.8 Å². The number of ether oxygens (including phenoxy) is 1. The zero-order valence-corrected chi connectivity index (χ0v) is 16.8. The van der Waals surface area contributed by atoms with Crippen LogP contribution >= 0.6 is 0 Å². The van der Waals surface area contributed by atoms with Crippen LogP contribution in [0.2, 0.25) is 0 Å². The van der Waals surface area contributed by atoms with E-state index in [9.17, 15) is 9.32 Å². The number of rotatable bonds is 6. The van der Waals surface area contributed by atoms with Gasteiger partial charge >= 0.3 is 0 Å². The van der Waals surface area contributed by atoms with Crippen molar-refractivity contribution in [3.8, 4) is 5.88 Å². The summed E-state index contributed by atoms with van der Waals surface area (Å²) in [6, 6.07) is 10.3. The predicted octanol–water partition coefficient (Wildman–Crippen LogP) is 3.21. The van der Waals surface area contributed by atoms with Crippen molar-refractivity contribution in [2.75, 3.05) is 12.4 Å². The Morgan fingerprint density at radius 3 is 2.59 bits per heavy atom. The van der Waals surface area contributed by atoms with Gasteiger partial charge in [-0.1, -0.05) is 0 Å². The number of benzene rings is 1. The molecular weight excluding hydrogens is 390 g/mol. The molecule has 3 atom stereocenters. The zero-order valence-electron chi connectivity index (χ0n) is 16.0. The molecule has 1 aromatic carbocycles. The number of nitrogens with zero attached hydrogens (tertiary/aromatic N) is 2. The van der Waals surface area contributed by atoms with E-state index >= 15 is 0 Å². The number of fused-ring (bicyclic) bond motifs is 1. The van der Waals surface area contributed by atoms with Gasteiger partial charge in [-0.2, -0.15) is 0 Å². The van der Waals surface area contributed by atoms with Gasteiger partial charge in [-0.05, 0) is 55.7 Å². The fourth-order valence-electron chi connectivity index (χ4n) is 3.56. The second kappa shape index (κ2) is 7.94. The van der Waals surface area contributed by atoms with Gasteiger partial charge in [0.2, 0.25) is 5.88 Å². The topological polar surface area (TPSA) is 120 Å². The van der Waals surface area contributed by atoms with Crippen molar-refractivity contribution in [2.24, 2.45) is 0 Å². The molecule has 3 aromatic rings. The maximum atomic E-state index is 12.8. The van der Waals surface area contributed by atoms with Crippen molar-refractivity contribution in [3.05, 3.63) is 48.8 Å². The second-order valence-corrected chi connectivity index (χ2v) is 8.82. The van der Waals surface area contributed by atoms with E-state index in [1.807, 2.05) is 12.1 Å². The van der Waals surface area contributed by atoms with Gasteiger partial charge in [0, 0.05) is 35.2 Å². The molecule has 4 N–H and O–H groups in total. The van der Waals surface area contributed by atoms with Gasteiger partial charge in [0.15, 0.2) is 0 Å². The summed E-state index contributed by atoms with van der Waals surface area (Å²) in [5.74, 6) is 0.454. The van der Waals surface area contributed by atoms with Crippen molar-refractivity contribution in [2.45, 2.75) is 36.3 Å². The third-order valence-electron chi connectivity index (χ3n) is 5.08. The first-order chi connectivity index (χ1) is 14.0. The highest BCUT2D eigenvalue weighted by atomic mass is 32.2. The van der Waals surface area contributed by atoms with Gasteiger partial charge in [-0.25, -0.2) is 18.7 Å². The molecule has 0 amide bonds. The molecule has 2 aromatic heterocycles. The van der Waals surface area contributed by atoms with Gasteiger partial charge in [0.05, 0.1) is 18.1 Å². The Hall–Kier alpha value is -2.75. The molecule has 0 radical (unpaired) electrons. The van der Waals surface area contributed by atoms with Gasteiger partial charge in [-0.3, -0.25) is 4.98 Å². The van der Waals surface area contributed by atoms with Crippen LogP contribution in [0.3, 0.4) is 0 Å². The standard InChI is InChI=1S/C20H23N5O3S/c1-28-20-19-15(9-11-23-20)16(10-12-22-19)24-13-5-7-14(8-6-13)29(21,27)25-17-3-2-4-18(17)26/h5-12,17-18,26H,2-4H2,1H3,(H,22,24)(H2,21,25,27)/t17-,18+,29?/m0/s1. The molecule has 1 aliphatic carbocycles. The molecule has 152 valence electrons. The Kier molecular flexibility index (Phi) is 5.35.